The number of carbonyl (C=O) groups excluding carboxylic acids is 2. The van der Waals surface area contributed by atoms with Crippen LogP contribution in [0.25, 0.3) is 16.4 Å². The maximum absolute atomic E-state index is 12.3. The molecule has 1 aromatic heterocycles. The number of nitrogens with zero attached hydrogens (tertiary/aromatic N) is 3. The number of benzene rings is 1. The topological polar surface area (TPSA) is 159 Å². The fraction of sp³-hybridized carbons (Fsp3) is 0.368. The van der Waals surface area contributed by atoms with Crippen LogP contribution >= 0.6 is 0 Å². The van der Waals surface area contributed by atoms with Gasteiger partial charge >= 0.3 is 12.2 Å². The van der Waals surface area contributed by atoms with Gasteiger partial charge in [-0.15, -0.1) is 0 Å². The summed E-state index contributed by atoms with van der Waals surface area (Å²) in [6.45, 7) is 0. The van der Waals surface area contributed by atoms with E-state index in [9.17, 15) is 24.6 Å². The number of aromatic amines is 1. The third-order valence-electron chi connectivity index (χ3n) is 4.46. The van der Waals surface area contributed by atoms with Gasteiger partial charge in [-0.05, 0) is 24.1 Å². The molecule has 10 heteroatoms. The molecule has 2 atom stereocenters. The molecule has 4 N–H and O–H groups in total. The highest BCUT2D eigenvalue weighted by atomic mass is 16.4. The second-order valence-electron chi connectivity index (χ2n) is 6.78. The fourth-order valence-electron chi connectivity index (χ4n) is 3.01. The largest absolute Gasteiger partial charge is 0.480 e. The summed E-state index contributed by atoms with van der Waals surface area (Å²) in [6.07, 6.45) is 0.451. The van der Waals surface area contributed by atoms with E-state index in [-0.39, 0.29) is 19.3 Å². The van der Waals surface area contributed by atoms with Gasteiger partial charge in [0, 0.05) is 49.7 Å². The Morgan fingerprint density at radius 3 is 2.69 bits per heavy atom. The zero-order valence-corrected chi connectivity index (χ0v) is 16.1. The summed E-state index contributed by atoms with van der Waals surface area (Å²) in [5, 5.41) is 22.7. The number of amides is 1. The lowest BCUT2D eigenvalue weighted by atomic mass is 10.0. The molecular weight excluding hydrogens is 378 g/mol. The number of fused-ring (bicyclic) bond motifs is 1. The molecule has 0 aliphatic heterocycles. The van der Waals surface area contributed by atoms with Gasteiger partial charge in [-0.1, -0.05) is 6.07 Å². The van der Waals surface area contributed by atoms with E-state index in [1.807, 2.05) is 37.2 Å². The second-order valence-corrected chi connectivity index (χ2v) is 6.78. The fourth-order valence-corrected chi connectivity index (χ4v) is 3.01. The van der Waals surface area contributed by atoms with Crippen LogP contribution in [0.3, 0.4) is 0 Å². The van der Waals surface area contributed by atoms with E-state index in [2.05, 4.69) is 15.1 Å². The highest BCUT2D eigenvalue weighted by Gasteiger charge is 2.26. The van der Waals surface area contributed by atoms with Crippen LogP contribution in [0.15, 0.2) is 24.4 Å². The number of nitrogens with one attached hydrogen (secondary N) is 2. The number of hydrogen-bond donors (Lipinski definition) is 4. The number of carboxylic acids is 1. The third kappa shape index (κ3) is 5.50. The lowest BCUT2D eigenvalue weighted by Gasteiger charge is -2.18. The highest BCUT2D eigenvalue weighted by Crippen LogP contribution is 2.29. The van der Waals surface area contributed by atoms with E-state index < -0.39 is 29.8 Å². The number of aromatic nitrogens is 1. The Hall–Kier alpha value is -3.49. The number of anilines is 1. The zero-order chi connectivity index (χ0) is 21.6. The van der Waals surface area contributed by atoms with Gasteiger partial charge in [0.1, 0.15) is 12.1 Å². The van der Waals surface area contributed by atoms with Gasteiger partial charge in [-0.3, -0.25) is 9.59 Å². The molecule has 0 saturated heterocycles. The normalized spacial score (nSPS) is 12.7. The lowest BCUT2D eigenvalue weighted by Crippen LogP contribution is -2.46. The summed E-state index contributed by atoms with van der Waals surface area (Å²) >= 11 is 0. The molecule has 2 aromatic rings. The lowest BCUT2D eigenvalue weighted by molar-refractivity contribution is -0.143. The Bertz CT molecular complexity index is 961. The van der Waals surface area contributed by atoms with Crippen LogP contribution < -0.4 is 10.2 Å². The van der Waals surface area contributed by atoms with Crippen molar-refractivity contribution in [3.05, 3.63) is 35.5 Å². The minimum Gasteiger partial charge on any atom is -0.480 e. The number of carboxylic acid groups (broad SMARTS) is 1. The average molecular weight is 401 g/mol. The first-order valence-electron chi connectivity index (χ1n) is 8.92. The number of carbonyl (C=O) groups is 3. The monoisotopic (exact) mass is 401 g/mol. The number of hydrogen-bond acceptors (Lipinski definition) is 5. The average Bonchev–Trinajstić information content (AvgIpc) is 3.07. The van der Waals surface area contributed by atoms with Crippen molar-refractivity contribution in [3.63, 3.8) is 0 Å². The number of aliphatic hydroxyl groups excluding tert-OH is 1. The van der Waals surface area contributed by atoms with E-state index in [0.29, 0.717) is 11.8 Å². The Balaban J connectivity index is 2.10. The van der Waals surface area contributed by atoms with Crippen LogP contribution in [-0.4, -0.2) is 70.1 Å². The SMILES string of the molecule is CN(C)c1cccc2[nH]cc(CC(O)C(=O)NC(CCC(=O)C=[N+]=[N-])C(=O)O)c12. The molecule has 1 amide bonds. The number of H-pyrrole nitrogens is 1. The number of aliphatic hydroxyl groups is 1. The summed E-state index contributed by atoms with van der Waals surface area (Å²) in [5.74, 6) is -2.76. The maximum atomic E-state index is 12.3. The van der Waals surface area contributed by atoms with Crippen LogP contribution in [0.1, 0.15) is 18.4 Å². The summed E-state index contributed by atoms with van der Waals surface area (Å²) < 4.78 is 0. The smallest absolute Gasteiger partial charge is 0.326 e. The molecule has 0 bridgehead atoms. The van der Waals surface area contributed by atoms with Crippen molar-refractivity contribution in [2.75, 3.05) is 19.0 Å². The number of Topliss-reactive ketones (excluding diaryl/α,β-unsaturated/α-hetero) is 1. The van der Waals surface area contributed by atoms with Crippen molar-refractivity contribution in [2.45, 2.75) is 31.4 Å². The van der Waals surface area contributed by atoms with Crippen molar-refractivity contribution in [1.82, 2.24) is 10.3 Å². The standard InChI is InChI=1S/C19H23N5O5/c1-24(2)15-5-3-4-13-17(15)11(9-21-13)8-16(26)18(27)23-14(19(28)29)7-6-12(25)10-22-20/h3-5,9-10,14,16,21,26H,6-8H2,1-2H3,(H,23,27)(H,28,29). The highest BCUT2D eigenvalue weighted by molar-refractivity contribution is 6.25. The van der Waals surface area contributed by atoms with E-state index >= 15 is 0 Å². The second kappa shape index (κ2) is 9.63. The van der Waals surface area contributed by atoms with Crippen LogP contribution in [0.4, 0.5) is 5.69 Å². The quantitative estimate of drug-likeness (QED) is 0.255. The van der Waals surface area contributed by atoms with Gasteiger partial charge < -0.3 is 30.9 Å². The predicted octanol–water partition coefficient (Wildman–Crippen LogP) is 0.357. The van der Waals surface area contributed by atoms with Gasteiger partial charge in [0.2, 0.25) is 11.7 Å². The molecule has 2 rings (SSSR count). The first-order chi connectivity index (χ1) is 13.7. The van der Waals surface area contributed by atoms with E-state index in [1.165, 1.54) is 0 Å². The van der Waals surface area contributed by atoms with Gasteiger partial charge in [-0.2, -0.15) is 4.79 Å². The Labute approximate surface area is 166 Å². The first-order valence-corrected chi connectivity index (χ1v) is 8.92. The third-order valence-corrected chi connectivity index (χ3v) is 4.46. The number of aliphatic carboxylic acids is 1. The first kappa shape index (κ1) is 21.8. The molecule has 0 spiro atoms. The van der Waals surface area contributed by atoms with E-state index in [4.69, 9.17) is 5.53 Å². The van der Waals surface area contributed by atoms with Gasteiger partial charge in [0.05, 0.1) is 0 Å². The molecule has 2 unspecified atom stereocenters. The minimum absolute atomic E-state index is 0.0148. The molecule has 0 aliphatic carbocycles. The molecule has 0 saturated carbocycles. The van der Waals surface area contributed by atoms with E-state index in [0.717, 1.165) is 16.6 Å². The zero-order valence-electron chi connectivity index (χ0n) is 16.1. The molecule has 1 aromatic carbocycles. The molecule has 0 radical (unpaired) electrons. The molecule has 10 nitrogen and oxygen atoms in total. The molecule has 29 heavy (non-hydrogen) atoms. The van der Waals surface area contributed by atoms with Crippen molar-refractivity contribution in [1.29, 1.82) is 0 Å². The Morgan fingerprint density at radius 2 is 2.07 bits per heavy atom. The van der Waals surface area contributed by atoms with Crippen molar-refractivity contribution in [3.8, 4) is 0 Å². The van der Waals surface area contributed by atoms with Crippen LogP contribution in [0.2, 0.25) is 0 Å². The molecule has 0 fully saturated rings. The number of rotatable bonds is 10. The van der Waals surface area contributed by atoms with Crippen molar-refractivity contribution in [2.24, 2.45) is 0 Å². The van der Waals surface area contributed by atoms with E-state index in [1.54, 1.807) is 6.20 Å². The van der Waals surface area contributed by atoms with Crippen LogP contribution in [-0.2, 0) is 20.8 Å². The minimum atomic E-state index is -1.47. The predicted molar refractivity (Wildman–Crippen MR) is 106 cm³/mol. The van der Waals surface area contributed by atoms with Crippen LogP contribution in [0, 0.1) is 0 Å². The Morgan fingerprint density at radius 1 is 1.34 bits per heavy atom. The Kier molecular flexibility index (Phi) is 7.24. The summed E-state index contributed by atoms with van der Waals surface area (Å²) in [7, 11) is 3.77. The molecule has 0 aliphatic rings. The summed E-state index contributed by atoms with van der Waals surface area (Å²) in [4.78, 5) is 42.6. The molecule has 1 heterocycles. The van der Waals surface area contributed by atoms with Crippen molar-refractivity contribution >= 4 is 40.5 Å². The van der Waals surface area contributed by atoms with Crippen molar-refractivity contribution < 1.29 is 29.4 Å². The van der Waals surface area contributed by atoms with Gasteiger partial charge in [0.25, 0.3) is 0 Å². The summed E-state index contributed by atoms with van der Waals surface area (Å²) in [5.41, 5.74) is 10.8. The van der Waals surface area contributed by atoms with Gasteiger partial charge in [-0.25, -0.2) is 4.79 Å². The number of ketones is 1. The molecular formula is C19H23N5O5. The van der Waals surface area contributed by atoms with Gasteiger partial charge in [0.15, 0.2) is 0 Å². The molecule has 154 valence electrons. The van der Waals surface area contributed by atoms with Crippen LogP contribution in [0.5, 0.6) is 0 Å². The maximum Gasteiger partial charge on any atom is 0.326 e. The summed E-state index contributed by atoms with van der Waals surface area (Å²) in [6, 6.07) is 4.33.